The quantitative estimate of drug-likeness (QED) is 0.378. The van der Waals surface area contributed by atoms with Crippen LogP contribution in [0.4, 0.5) is 0 Å². The summed E-state index contributed by atoms with van der Waals surface area (Å²) in [5.41, 5.74) is 0. The van der Waals surface area contributed by atoms with Crippen LogP contribution < -0.4 is 0 Å². The van der Waals surface area contributed by atoms with Crippen molar-refractivity contribution in [2.24, 2.45) is 0 Å². The third-order valence-corrected chi connectivity index (χ3v) is 3.92. The maximum absolute atomic E-state index is 9.85. The van der Waals surface area contributed by atoms with Crippen LogP contribution in [0, 0.1) is 0 Å². The van der Waals surface area contributed by atoms with Gasteiger partial charge in [0.15, 0.2) is 0 Å². The molecule has 4 atom stereocenters. The van der Waals surface area contributed by atoms with Crippen molar-refractivity contribution in [3.63, 3.8) is 0 Å². The lowest BCUT2D eigenvalue weighted by Gasteiger charge is -2.20. The summed E-state index contributed by atoms with van der Waals surface area (Å²) < 4.78 is 10.6. The minimum absolute atomic E-state index is 0.0658. The van der Waals surface area contributed by atoms with Gasteiger partial charge in [-0.3, -0.25) is 0 Å². The fourth-order valence-electron chi connectivity index (χ4n) is 2.54. The molecule has 1 fully saturated rings. The van der Waals surface area contributed by atoms with Crippen molar-refractivity contribution >= 4 is 0 Å². The van der Waals surface area contributed by atoms with Crippen molar-refractivity contribution in [1.29, 1.82) is 0 Å². The van der Waals surface area contributed by atoms with Gasteiger partial charge in [-0.05, 0) is 25.7 Å². The number of ether oxygens (including phenoxy) is 2. The van der Waals surface area contributed by atoms with Crippen LogP contribution in [0.5, 0.6) is 0 Å². The summed E-state index contributed by atoms with van der Waals surface area (Å²) in [5, 5.41) is 28.8. The fraction of sp³-hybridized carbons (Fsp3) is 0.882. The summed E-state index contributed by atoms with van der Waals surface area (Å²) in [4.78, 5) is 0. The molecule has 3 N–H and O–H groups in total. The Morgan fingerprint density at radius 2 is 1.86 bits per heavy atom. The lowest BCUT2D eigenvalue weighted by atomic mass is 10.1. The van der Waals surface area contributed by atoms with Gasteiger partial charge in [0.25, 0.3) is 0 Å². The number of unbranched alkanes of at least 4 members (excludes halogenated alkanes) is 5. The second kappa shape index (κ2) is 12.0. The van der Waals surface area contributed by atoms with E-state index in [-0.39, 0.29) is 13.2 Å². The molecule has 1 aliphatic rings. The zero-order valence-electron chi connectivity index (χ0n) is 13.7. The average molecular weight is 316 g/mol. The molecule has 5 nitrogen and oxygen atoms in total. The third kappa shape index (κ3) is 7.70. The van der Waals surface area contributed by atoms with Crippen LogP contribution in [0.25, 0.3) is 0 Å². The molecule has 0 radical (unpaired) electrons. The lowest BCUT2D eigenvalue weighted by molar-refractivity contribution is -0.0813. The second-order valence-electron chi connectivity index (χ2n) is 5.93. The van der Waals surface area contributed by atoms with E-state index in [1.54, 1.807) is 0 Å². The number of hydrogen-bond acceptors (Lipinski definition) is 5. The molecule has 0 saturated carbocycles. The Morgan fingerprint density at radius 3 is 2.55 bits per heavy atom. The Bertz CT molecular complexity index is 295. The highest BCUT2D eigenvalue weighted by molar-refractivity contribution is 4.87. The molecule has 0 aromatic rings. The monoisotopic (exact) mass is 316 g/mol. The highest BCUT2D eigenvalue weighted by Crippen LogP contribution is 2.17. The SMILES string of the molecule is CC/C=C/CCCCCCCOC[C@@H](O)[C@@H]1OC[C@H](O)[C@@H]1O. The van der Waals surface area contributed by atoms with Gasteiger partial charge in [0.2, 0.25) is 0 Å². The number of aliphatic hydroxyl groups is 3. The van der Waals surface area contributed by atoms with Gasteiger partial charge in [-0.1, -0.05) is 38.3 Å². The minimum Gasteiger partial charge on any atom is -0.388 e. The van der Waals surface area contributed by atoms with Gasteiger partial charge in [0, 0.05) is 6.61 Å². The van der Waals surface area contributed by atoms with Gasteiger partial charge < -0.3 is 24.8 Å². The van der Waals surface area contributed by atoms with Crippen molar-refractivity contribution in [3.05, 3.63) is 12.2 Å². The van der Waals surface area contributed by atoms with Gasteiger partial charge in [-0.15, -0.1) is 0 Å². The molecule has 130 valence electrons. The van der Waals surface area contributed by atoms with Crippen LogP contribution >= 0.6 is 0 Å². The maximum Gasteiger partial charge on any atom is 0.114 e. The maximum atomic E-state index is 9.85. The Morgan fingerprint density at radius 1 is 1.14 bits per heavy atom. The average Bonchev–Trinajstić information content (AvgIpc) is 2.84. The molecule has 0 unspecified atom stereocenters. The fourth-order valence-corrected chi connectivity index (χ4v) is 2.54. The predicted molar refractivity (Wildman–Crippen MR) is 85.7 cm³/mol. The van der Waals surface area contributed by atoms with Gasteiger partial charge >= 0.3 is 0 Å². The molecule has 22 heavy (non-hydrogen) atoms. The van der Waals surface area contributed by atoms with E-state index in [1.165, 1.54) is 25.7 Å². The molecule has 0 spiro atoms. The molecule has 1 aliphatic heterocycles. The molecule has 0 aliphatic carbocycles. The van der Waals surface area contributed by atoms with Crippen LogP contribution in [-0.4, -0.2) is 59.6 Å². The first-order valence-corrected chi connectivity index (χ1v) is 8.55. The zero-order chi connectivity index (χ0) is 16.2. The summed E-state index contributed by atoms with van der Waals surface area (Å²) in [7, 11) is 0. The minimum atomic E-state index is -1.03. The van der Waals surface area contributed by atoms with E-state index in [4.69, 9.17) is 9.47 Å². The number of hydrogen-bond donors (Lipinski definition) is 3. The Hall–Kier alpha value is -0.460. The number of allylic oxidation sites excluding steroid dienone is 2. The largest absolute Gasteiger partial charge is 0.388 e. The van der Waals surface area contributed by atoms with Gasteiger partial charge in [-0.25, -0.2) is 0 Å². The van der Waals surface area contributed by atoms with Crippen molar-refractivity contribution in [2.45, 2.75) is 76.3 Å². The van der Waals surface area contributed by atoms with Gasteiger partial charge in [0.05, 0.1) is 13.2 Å². The van der Waals surface area contributed by atoms with Gasteiger partial charge in [0.1, 0.15) is 24.4 Å². The smallest absolute Gasteiger partial charge is 0.114 e. The molecule has 1 rings (SSSR count). The molecule has 1 heterocycles. The molecular weight excluding hydrogens is 284 g/mol. The highest BCUT2D eigenvalue weighted by atomic mass is 16.5. The van der Waals surface area contributed by atoms with Crippen molar-refractivity contribution in [1.82, 2.24) is 0 Å². The molecule has 1 saturated heterocycles. The van der Waals surface area contributed by atoms with Gasteiger partial charge in [-0.2, -0.15) is 0 Å². The van der Waals surface area contributed by atoms with Crippen molar-refractivity contribution < 1.29 is 24.8 Å². The van der Waals surface area contributed by atoms with E-state index in [9.17, 15) is 15.3 Å². The van der Waals surface area contributed by atoms with Crippen LogP contribution in [0.3, 0.4) is 0 Å². The molecule has 0 amide bonds. The predicted octanol–water partition coefficient (Wildman–Crippen LogP) is 1.79. The van der Waals surface area contributed by atoms with E-state index in [0.717, 1.165) is 19.3 Å². The number of rotatable bonds is 12. The van der Waals surface area contributed by atoms with E-state index in [0.29, 0.717) is 6.61 Å². The zero-order valence-corrected chi connectivity index (χ0v) is 13.7. The first-order chi connectivity index (χ1) is 10.7. The summed E-state index contributed by atoms with van der Waals surface area (Å²) in [6, 6.07) is 0. The summed E-state index contributed by atoms with van der Waals surface area (Å²) >= 11 is 0. The summed E-state index contributed by atoms with van der Waals surface area (Å²) in [6.45, 7) is 2.96. The Kier molecular flexibility index (Phi) is 10.7. The number of aliphatic hydroxyl groups excluding tert-OH is 3. The second-order valence-corrected chi connectivity index (χ2v) is 5.93. The normalized spacial score (nSPS) is 26.8. The topological polar surface area (TPSA) is 79.2 Å². The van der Waals surface area contributed by atoms with Crippen molar-refractivity contribution in [3.8, 4) is 0 Å². The van der Waals surface area contributed by atoms with Crippen molar-refractivity contribution in [2.75, 3.05) is 19.8 Å². The van der Waals surface area contributed by atoms with Crippen LogP contribution in [0.2, 0.25) is 0 Å². The summed E-state index contributed by atoms with van der Waals surface area (Å²) in [6.07, 6.45) is 9.00. The Balaban J connectivity index is 1.90. The molecular formula is C17H32O5. The standard InChI is InChI=1S/C17H32O5/c1-2-3-4-5-6-7-8-9-10-11-21-12-15(19)17-16(20)14(18)13-22-17/h3-4,14-20H,2,5-13H2,1H3/b4-3+/t14-,15+,16-,17-/m0/s1. The first kappa shape index (κ1) is 19.6. The van der Waals surface area contributed by atoms with E-state index in [2.05, 4.69) is 19.1 Å². The lowest BCUT2D eigenvalue weighted by Crippen LogP contribution is -2.40. The third-order valence-electron chi connectivity index (χ3n) is 3.92. The van der Waals surface area contributed by atoms with Crippen LogP contribution in [0.1, 0.15) is 51.9 Å². The molecule has 0 aromatic heterocycles. The summed E-state index contributed by atoms with van der Waals surface area (Å²) in [5.74, 6) is 0. The van der Waals surface area contributed by atoms with Crippen LogP contribution in [-0.2, 0) is 9.47 Å². The Labute approximate surface area is 133 Å². The molecule has 0 aromatic carbocycles. The van der Waals surface area contributed by atoms with E-state index >= 15 is 0 Å². The first-order valence-electron chi connectivity index (χ1n) is 8.55. The van der Waals surface area contributed by atoms with Crippen LogP contribution in [0.15, 0.2) is 12.2 Å². The van der Waals surface area contributed by atoms with E-state index in [1.807, 2.05) is 0 Å². The highest BCUT2D eigenvalue weighted by Gasteiger charge is 2.39. The molecule has 5 heteroatoms. The molecule has 0 bridgehead atoms. The van der Waals surface area contributed by atoms with E-state index < -0.39 is 24.4 Å².